The molecule has 6 nitrogen and oxygen atoms in total. The summed E-state index contributed by atoms with van der Waals surface area (Å²) in [5, 5.41) is 3.92. The summed E-state index contributed by atoms with van der Waals surface area (Å²) in [7, 11) is 0. The van der Waals surface area contributed by atoms with E-state index in [9.17, 15) is 4.79 Å². The minimum absolute atomic E-state index is 0.149. The Balaban J connectivity index is 1.12. The standard InChI is InChI=1S/C23H27ClN4O2S/c1-15-25-19(14-31-15)13-27-8-4-17(5-9-27)23(29)28-10-6-16(7-11-28)22-26-20-12-18(24)2-3-21(20)30-22/h2-3,12,14,16-17H,4-11,13H2,1H3. The summed E-state index contributed by atoms with van der Waals surface area (Å²) in [5.74, 6) is 1.51. The van der Waals surface area contributed by atoms with Crippen LogP contribution in [0.4, 0.5) is 0 Å². The van der Waals surface area contributed by atoms with E-state index in [-0.39, 0.29) is 11.8 Å². The number of aromatic nitrogens is 2. The smallest absolute Gasteiger partial charge is 0.225 e. The average Bonchev–Trinajstić information content (AvgIpc) is 3.39. The second-order valence-corrected chi connectivity index (χ2v) is 10.2. The Morgan fingerprint density at radius 2 is 1.94 bits per heavy atom. The van der Waals surface area contributed by atoms with Crippen LogP contribution in [0.1, 0.15) is 48.2 Å². The highest BCUT2D eigenvalue weighted by Gasteiger charge is 2.32. The van der Waals surface area contributed by atoms with E-state index in [1.54, 1.807) is 11.3 Å². The van der Waals surface area contributed by atoms with Crippen molar-refractivity contribution in [3.05, 3.63) is 45.2 Å². The number of halogens is 1. The van der Waals surface area contributed by atoms with E-state index in [0.29, 0.717) is 10.9 Å². The van der Waals surface area contributed by atoms with Crippen LogP contribution < -0.4 is 0 Å². The van der Waals surface area contributed by atoms with E-state index >= 15 is 0 Å². The third-order valence-corrected chi connectivity index (χ3v) is 7.57. The number of nitrogens with zero attached hydrogens (tertiary/aromatic N) is 4. The number of benzene rings is 1. The highest BCUT2D eigenvalue weighted by atomic mass is 35.5. The SMILES string of the molecule is Cc1nc(CN2CCC(C(=O)N3CCC(c4nc5cc(Cl)ccc5o4)CC3)CC2)cs1. The monoisotopic (exact) mass is 458 g/mol. The lowest BCUT2D eigenvalue weighted by molar-refractivity contribution is -0.138. The van der Waals surface area contributed by atoms with Crippen LogP contribution in [0.5, 0.6) is 0 Å². The van der Waals surface area contributed by atoms with E-state index < -0.39 is 0 Å². The Morgan fingerprint density at radius 1 is 1.16 bits per heavy atom. The lowest BCUT2D eigenvalue weighted by Gasteiger charge is -2.36. The number of likely N-dealkylation sites (tertiary alicyclic amines) is 2. The van der Waals surface area contributed by atoms with Crippen LogP contribution in [0.25, 0.3) is 11.1 Å². The van der Waals surface area contributed by atoms with Crippen molar-refractivity contribution in [2.75, 3.05) is 26.2 Å². The van der Waals surface area contributed by atoms with Gasteiger partial charge in [-0.25, -0.2) is 9.97 Å². The molecule has 164 valence electrons. The van der Waals surface area contributed by atoms with Gasteiger partial charge in [-0.15, -0.1) is 11.3 Å². The molecule has 2 aliphatic rings. The average molecular weight is 459 g/mol. The van der Waals surface area contributed by atoms with Gasteiger partial charge < -0.3 is 9.32 Å². The Bertz CT molecular complexity index is 1060. The van der Waals surface area contributed by atoms with Gasteiger partial charge >= 0.3 is 0 Å². The minimum Gasteiger partial charge on any atom is -0.440 e. The number of hydrogen-bond acceptors (Lipinski definition) is 6. The van der Waals surface area contributed by atoms with Crippen LogP contribution in [0.15, 0.2) is 28.0 Å². The number of carbonyl (C=O) groups excluding carboxylic acids is 1. The fourth-order valence-electron chi connectivity index (χ4n) is 4.75. The molecule has 2 fully saturated rings. The van der Waals surface area contributed by atoms with Crippen LogP contribution in [-0.4, -0.2) is 51.9 Å². The van der Waals surface area contributed by atoms with Crippen LogP contribution >= 0.6 is 22.9 Å². The van der Waals surface area contributed by atoms with Gasteiger partial charge in [0.1, 0.15) is 5.52 Å². The summed E-state index contributed by atoms with van der Waals surface area (Å²) < 4.78 is 5.95. The van der Waals surface area contributed by atoms with E-state index in [0.717, 1.165) is 86.1 Å². The molecule has 0 saturated carbocycles. The molecule has 1 amide bonds. The number of hydrogen-bond donors (Lipinski definition) is 0. The van der Waals surface area contributed by atoms with Crippen LogP contribution in [0.3, 0.4) is 0 Å². The molecule has 0 spiro atoms. The highest BCUT2D eigenvalue weighted by molar-refractivity contribution is 7.09. The summed E-state index contributed by atoms with van der Waals surface area (Å²) >= 11 is 7.76. The number of amides is 1. The Kier molecular flexibility index (Phi) is 5.99. The number of carbonyl (C=O) groups is 1. The molecule has 0 aliphatic carbocycles. The third kappa shape index (κ3) is 4.64. The van der Waals surface area contributed by atoms with Crippen molar-refractivity contribution in [2.24, 2.45) is 5.92 Å². The van der Waals surface area contributed by atoms with Gasteiger partial charge in [0.2, 0.25) is 5.91 Å². The van der Waals surface area contributed by atoms with Crippen LogP contribution in [0, 0.1) is 12.8 Å². The maximum absolute atomic E-state index is 13.1. The molecule has 2 aliphatic heterocycles. The maximum Gasteiger partial charge on any atom is 0.225 e. The van der Waals surface area contributed by atoms with Crippen molar-refractivity contribution in [1.82, 2.24) is 19.8 Å². The summed E-state index contributed by atoms with van der Waals surface area (Å²) in [6.45, 7) is 6.43. The molecule has 0 atom stereocenters. The Hall–Kier alpha value is -1.96. The molecule has 2 aromatic heterocycles. The summed E-state index contributed by atoms with van der Waals surface area (Å²) in [5.41, 5.74) is 2.73. The normalized spacial score (nSPS) is 19.4. The fraction of sp³-hybridized carbons (Fsp3) is 0.522. The lowest BCUT2D eigenvalue weighted by Crippen LogP contribution is -2.45. The highest BCUT2D eigenvalue weighted by Crippen LogP contribution is 2.32. The predicted octanol–water partition coefficient (Wildman–Crippen LogP) is 4.86. The zero-order valence-corrected chi connectivity index (χ0v) is 19.3. The first-order valence-corrected chi connectivity index (χ1v) is 12.3. The fourth-order valence-corrected chi connectivity index (χ4v) is 5.52. The maximum atomic E-state index is 13.1. The molecular weight excluding hydrogens is 432 g/mol. The molecule has 1 aromatic carbocycles. The number of aryl methyl sites for hydroxylation is 1. The van der Waals surface area contributed by atoms with Crippen molar-refractivity contribution in [2.45, 2.75) is 45.1 Å². The molecule has 2 saturated heterocycles. The van der Waals surface area contributed by atoms with Gasteiger partial charge in [-0.05, 0) is 63.9 Å². The van der Waals surface area contributed by atoms with Gasteiger partial charge in [0, 0.05) is 41.9 Å². The molecule has 0 bridgehead atoms. The van der Waals surface area contributed by atoms with Gasteiger partial charge in [-0.3, -0.25) is 9.69 Å². The molecule has 0 N–H and O–H groups in total. The number of fused-ring (bicyclic) bond motifs is 1. The second-order valence-electron chi connectivity index (χ2n) is 8.67. The first kappa shape index (κ1) is 20.9. The van der Waals surface area contributed by atoms with Gasteiger partial charge in [0.25, 0.3) is 0 Å². The zero-order valence-electron chi connectivity index (χ0n) is 17.7. The lowest BCUT2D eigenvalue weighted by atomic mass is 9.92. The number of piperidine rings is 2. The Labute approximate surface area is 191 Å². The largest absolute Gasteiger partial charge is 0.440 e. The molecule has 31 heavy (non-hydrogen) atoms. The zero-order chi connectivity index (χ0) is 21.4. The molecule has 3 aromatic rings. The third-order valence-electron chi connectivity index (χ3n) is 6.51. The van der Waals surface area contributed by atoms with Gasteiger partial charge in [0.15, 0.2) is 11.5 Å². The van der Waals surface area contributed by atoms with Crippen molar-refractivity contribution in [3.8, 4) is 0 Å². The van der Waals surface area contributed by atoms with Crippen molar-refractivity contribution >= 4 is 39.9 Å². The van der Waals surface area contributed by atoms with Crippen LogP contribution in [-0.2, 0) is 11.3 Å². The predicted molar refractivity (Wildman–Crippen MR) is 122 cm³/mol. The van der Waals surface area contributed by atoms with Gasteiger partial charge in [0.05, 0.1) is 10.7 Å². The molecular formula is C23H27ClN4O2S. The quantitative estimate of drug-likeness (QED) is 0.558. The second kappa shape index (κ2) is 8.88. The van der Waals surface area contributed by atoms with E-state index in [4.69, 9.17) is 16.0 Å². The summed E-state index contributed by atoms with van der Waals surface area (Å²) in [6.07, 6.45) is 3.67. The molecule has 8 heteroatoms. The number of rotatable bonds is 4. The van der Waals surface area contributed by atoms with E-state index in [1.165, 1.54) is 0 Å². The summed E-state index contributed by atoms with van der Waals surface area (Å²) in [4.78, 5) is 26.8. The van der Waals surface area contributed by atoms with Crippen molar-refractivity contribution in [3.63, 3.8) is 0 Å². The molecule has 0 unspecified atom stereocenters. The molecule has 0 radical (unpaired) electrons. The first-order valence-electron chi connectivity index (χ1n) is 11.0. The van der Waals surface area contributed by atoms with Crippen molar-refractivity contribution in [1.29, 1.82) is 0 Å². The Morgan fingerprint density at radius 3 is 2.65 bits per heavy atom. The van der Waals surface area contributed by atoms with E-state index in [1.807, 2.05) is 25.1 Å². The number of thiazole rings is 1. The molecule has 5 rings (SSSR count). The topological polar surface area (TPSA) is 62.5 Å². The number of oxazole rings is 1. The van der Waals surface area contributed by atoms with E-state index in [2.05, 4.69) is 25.1 Å². The van der Waals surface area contributed by atoms with Crippen LogP contribution in [0.2, 0.25) is 5.02 Å². The van der Waals surface area contributed by atoms with Gasteiger partial charge in [-0.2, -0.15) is 0 Å². The van der Waals surface area contributed by atoms with Crippen molar-refractivity contribution < 1.29 is 9.21 Å². The summed E-state index contributed by atoms with van der Waals surface area (Å²) in [6, 6.07) is 5.53. The first-order chi connectivity index (χ1) is 15.0. The molecule has 4 heterocycles. The minimum atomic E-state index is 0.149. The van der Waals surface area contributed by atoms with Gasteiger partial charge in [-0.1, -0.05) is 11.6 Å².